The topological polar surface area (TPSA) is 82.5 Å². The van der Waals surface area contributed by atoms with Crippen LogP contribution in [-0.4, -0.2) is 44.9 Å². The fourth-order valence-electron chi connectivity index (χ4n) is 4.53. The number of aromatic nitrogens is 1. The summed E-state index contributed by atoms with van der Waals surface area (Å²) < 4.78 is 32.5. The fraction of sp³-hybridized carbons (Fsp3) is 0.238. The quantitative estimate of drug-likeness (QED) is 0.581. The SMILES string of the molecule is O=C(CCC1=[N+]2C(=CC3=CC=C(c4ccc[nH]4)C3[B-]2(F)F)C=C1)ON1C(=O)CCC1=O. The molecule has 0 spiro atoms. The predicted octanol–water partition coefficient (Wildman–Crippen LogP) is 2.89. The van der Waals surface area contributed by atoms with Crippen LogP contribution >= 0.6 is 0 Å². The van der Waals surface area contributed by atoms with E-state index in [4.69, 9.17) is 4.84 Å². The van der Waals surface area contributed by atoms with Crippen molar-refractivity contribution in [1.29, 1.82) is 0 Å². The maximum atomic E-state index is 15.7. The minimum Gasteiger partial charge on any atom is -0.412 e. The van der Waals surface area contributed by atoms with Gasteiger partial charge in [-0.25, -0.2) is 4.79 Å². The van der Waals surface area contributed by atoms with Crippen molar-refractivity contribution in [2.24, 2.45) is 0 Å². The van der Waals surface area contributed by atoms with Crippen molar-refractivity contribution >= 4 is 35.9 Å². The van der Waals surface area contributed by atoms with Crippen LogP contribution in [0, 0.1) is 0 Å². The molecule has 3 aliphatic heterocycles. The Morgan fingerprint density at radius 2 is 2.00 bits per heavy atom. The molecular formula is C21H18BF2N3O4. The number of imide groups is 1. The molecule has 1 aromatic heterocycles. The Kier molecular flexibility index (Phi) is 4.39. The van der Waals surface area contributed by atoms with Gasteiger partial charge in [-0.1, -0.05) is 17.7 Å². The van der Waals surface area contributed by atoms with Crippen molar-refractivity contribution in [2.45, 2.75) is 31.5 Å². The zero-order valence-corrected chi connectivity index (χ0v) is 16.4. The van der Waals surface area contributed by atoms with Crippen LogP contribution in [0.25, 0.3) is 5.57 Å². The Balaban J connectivity index is 1.37. The Morgan fingerprint density at radius 3 is 2.71 bits per heavy atom. The first-order chi connectivity index (χ1) is 14.9. The van der Waals surface area contributed by atoms with E-state index in [1.54, 1.807) is 48.7 Å². The highest BCUT2D eigenvalue weighted by molar-refractivity contribution is 6.64. The molecule has 1 aromatic rings. The highest BCUT2D eigenvalue weighted by Gasteiger charge is 2.58. The molecule has 1 unspecified atom stereocenters. The Bertz CT molecular complexity index is 1150. The largest absolute Gasteiger partial charge is 0.625 e. The number of amides is 2. The first-order valence-electron chi connectivity index (χ1n) is 10.1. The second kappa shape index (κ2) is 7.00. The van der Waals surface area contributed by atoms with Crippen LogP contribution in [-0.2, 0) is 19.2 Å². The molecule has 1 fully saturated rings. The van der Waals surface area contributed by atoms with Gasteiger partial charge in [0.05, 0.1) is 6.42 Å². The summed E-state index contributed by atoms with van der Waals surface area (Å²) in [7, 11) is 0. The summed E-state index contributed by atoms with van der Waals surface area (Å²) in [5, 5.41) is 0.464. The molecule has 1 atom stereocenters. The molecule has 31 heavy (non-hydrogen) atoms. The first-order valence-corrected chi connectivity index (χ1v) is 10.1. The molecule has 1 saturated heterocycles. The molecule has 10 heteroatoms. The smallest absolute Gasteiger partial charge is 0.412 e. The Hall–Kier alpha value is -3.56. The second-order valence-electron chi connectivity index (χ2n) is 7.84. The number of hydrogen-bond donors (Lipinski definition) is 1. The van der Waals surface area contributed by atoms with Gasteiger partial charge in [0, 0.05) is 55.2 Å². The number of allylic oxidation sites excluding steroid dienone is 7. The van der Waals surface area contributed by atoms with Gasteiger partial charge in [0.15, 0.2) is 5.70 Å². The third-order valence-electron chi connectivity index (χ3n) is 5.94. The van der Waals surface area contributed by atoms with Gasteiger partial charge in [-0.2, -0.15) is 0 Å². The number of halogens is 2. The van der Waals surface area contributed by atoms with E-state index in [1.165, 1.54) is 0 Å². The number of fused-ring (bicyclic) bond motifs is 2. The fourth-order valence-corrected chi connectivity index (χ4v) is 4.53. The number of carbonyl (C=O) groups excluding carboxylic acids is 3. The molecule has 7 nitrogen and oxygen atoms in total. The van der Waals surface area contributed by atoms with Gasteiger partial charge in [0.2, 0.25) is 0 Å². The lowest BCUT2D eigenvalue weighted by Gasteiger charge is -2.34. The number of nitrogens with zero attached hydrogens (tertiary/aromatic N) is 2. The number of hydroxylamine groups is 2. The third kappa shape index (κ3) is 3.10. The van der Waals surface area contributed by atoms with Gasteiger partial charge in [0.1, 0.15) is 5.71 Å². The van der Waals surface area contributed by atoms with Crippen LogP contribution < -0.4 is 0 Å². The summed E-state index contributed by atoms with van der Waals surface area (Å²) >= 11 is 0. The minimum absolute atomic E-state index is 0.00317. The summed E-state index contributed by atoms with van der Waals surface area (Å²) in [5.41, 5.74) is 2.40. The lowest BCUT2D eigenvalue weighted by molar-refractivity contribution is -0.361. The van der Waals surface area contributed by atoms with Crippen LogP contribution in [0.4, 0.5) is 8.63 Å². The van der Waals surface area contributed by atoms with Crippen molar-refractivity contribution in [2.75, 3.05) is 0 Å². The molecule has 1 aliphatic carbocycles. The van der Waals surface area contributed by atoms with Gasteiger partial charge in [-0.3, -0.25) is 9.59 Å². The summed E-state index contributed by atoms with van der Waals surface area (Å²) in [5.74, 6) is -3.05. The molecule has 0 saturated carbocycles. The van der Waals surface area contributed by atoms with Crippen molar-refractivity contribution in [1.82, 2.24) is 10.0 Å². The monoisotopic (exact) mass is 425 g/mol. The van der Waals surface area contributed by atoms with E-state index in [9.17, 15) is 14.4 Å². The number of hydrogen-bond acceptors (Lipinski definition) is 4. The molecular weight excluding hydrogens is 407 g/mol. The molecule has 0 bridgehead atoms. The van der Waals surface area contributed by atoms with Crippen molar-refractivity contribution < 1.29 is 32.3 Å². The standard InChI is InChI=1S/C21H18BF2N3O4/c23-22(24)21-13(3-7-16(21)17-2-1-11-25-17)12-15-5-4-14(26(15)22)6-10-20(30)31-27-18(28)8-9-19(27)29/h1-5,7,11-12,21,25H,6,8-10H2. The Morgan fingerprint density at radius 1 is 1.23 bits per heavy atom. The zero-order chi connectivity index (χ0) is 21.8. The average molecular weight is 425 g/mol. The number of H-pyrrole nitrogens is 1. The predicted molar refractivity (Wildman–Crippen MR) is 107 cm³/mol. The van der Waals surface area contributed by atoms with E-state index >= 15 is 8.63 Å². The van der Waals surface area contributed by atoms with Crippen LogP contribution in [0.3, 0.4) is 0 Å². The summed E-state index contributed by atoms with van der Waals surface area (Å²) in [6.45, 7) is -4.04. The molecule has 4 aliphatic rings. The van der Waals surface area contributed by atoms with E-state index in [2.05, 4.69) is 4.98 Å². The van der Waals surface area contributed by atoms with Crippen LogP contribution in [0.15, 0.2) is 60.0 Å². The minimum atomic E-state index is -4.04. The van der Waals surface area contributed by atoms with Crippen LogP contribution in [0.2, 0.25) is 5.82 Å². The number of carbonyl (C=O) groups is 3. The number of rotatable bonds is 5. The van der Waals surface area contributed by atoms with E-state index in [-0.39, 0.29) is 25.7 Å². The van der Waals surface area contributed by atoms with E-state index < -0.39 is 30.4 Å². The van der Waals surface area contributed by atoms with Gasteiger partial charge in [-0.05, 0) is 17.7 Å². The molecule has 2 amide bonds. The van der Waals surface area contributed by atoms with Crippen LogP contribution in [0.1, 0.15) is 31.4 Å². The summed E-state index contributed by atoms with van der Waals surface area (Å²) in [4.78, 5) is 43.1. The van der Waals surface area contributed by atoms with Crippen molar-refractivity contribution in [3.63, 3.8) is 0 Å². The molecule has 158 valence electrons. The van der Waals surface area contributed by atoms with Gasteiger partial charge in [-0.15, -0.1) is 5.06 Å². The molecule has 1 N–H and O–H groups in total. The Labute approximate surface area is 176 Å². The van der Waals surface area contributed by atoms with Crippen LogP contribution in [0.5, 0.6) is 0 Å². The molecule has 4 heterocycles. The van der Waals surface area contributed by atoms with Gasteiger partial charge < -0.3 is 22.9 Å². The van der Waals surface area contributed by atoms with E-state index in [0.29, 0.717) is 33.3 Å². The second-order valence-corrected chi connectivity index (χ2v) is 7.84. The molecule has 5 rings (SSSR count). The van der Waals surface area contributed by atoms with Gasteiger partial charge >= 0.3 is 12.8 Å². The first kappa shape index (κ1) is 19.4. The molecule has 0 aromatic carbocycles. The third-order valence-corrected chi connectivity index (χ3v) is 5.94. The highest BCUT2D eigenvalue weighted by atomic mass is 19.2. The lowest BCUT2D eigenvalue weighted by atomic mass is 9.56. The van der Waals surface area contributed by atoms with Crippen molar-refractivity contribution in [3.05, 3.63) is 65.7 Å². The maximum Gasteiger partial charge on any atom is 0.625 e. The normalized spacial score (nSPS) is 23.6. The van der Waals surface area contributed by atoms with Crippen molar-refractivity contribution in [3.8, 4) is 0 Å². The zero-order valence-electron chi connectivity index (χ0n) is 16.4. The maximum absolute atomic E-state index is 15.7. The summed E-state index contributed by atoms with van der Waals surface area (Å²) in [6.07, 6.45) is 9.79. The highest BCUT2D eigenvalue weighted by Crippen LogP contribution is 2.51. The average Bonchev–Trinajstić information content (AvgIpc) is 3.50. The van der Waals surface area contributed by atoms with Gasteiger partial charge in [0.25, 0.3) is 11.8 Å². The summed E-state index contributed by atoms with van der Waals surface area (Å²) in [6, 6.07) is 3.53. The molecule has 0 radical (unpaired) electrons. The lowest BCUT2D eigenvalue weighted by Crippen LogP contribution is -2.47. The van der Waals surface area contributed by atoms with E-state index in [1.807, 2.05) is 0 Å². The van der Waals surface area contributed by atoms with E-state index in [0.717, 1.165) is 4.49 Å². The number of aromatic amines is 1. The number of nitrogens with one attached hydrogen (secondary N) is 1.